The third-order valence-electron chi connectivity index (χ3n) is 3.30. The Hall–Kier alpha value is -1.08. The van der Waals surface area contributed by atoms with Gasteiger partial charge in [-0.25, -0.2) is 0 Å². The van der Waals surface area contributed by atoms with E-state index in [4.69, 9.17) is 10.4 Å². The lowest BCUT2D eigenvalue weighted by atomic mass is 9.95. The van der Waals surface area contributed by atoms with Crippen molar-refractivity contribution >= 4 is 5.97 Å². The highest BCUT2D eigenvalue weighted by Crippen LogP contribution is 2.24. The average molecular weight is 224 g/mol. The second kappa shape index (κ2) is 6.49. The van der Waals surface area contributed by atoms with Crippen molar-refractivity contribution in [2.45, 2.75) is 57.5 Å². The summed E-state index contributed by atoms with van der Waals surface area (Å²) in [5.74, 6) is -0.740. The van der Waals surface area contributed by atoms with Crippen LogP contribution in [0.3, 0.4) is 0 Å². The van der Waals surface area contributed by atoms with Gasteiger partial charge in [-0.2, -0.15) is 5.26 Å². The van der Waals surface area contributed by atoms with Crippen molar-refractivity contribution in [3.63, 3.8) is 0 Å². The van der Waals surface area contributed by atoms with Gasteiger partial charge in [0.05, 0.1) is 12.1 Å². The van der Waals surface area contributed by atoms with Crippen molar-refractivity contribution in [1.29, 1.82) is 5.26 Å². The molecule has 16 heavy (non-hydrogen) atoms. The van der Waals surface area contributed by atoms with Crippen molar-refractivity contribution in [3.05, 3.63) is 0 Å². The molecule has 2 unspecified atom stereocenters. The number of piperidine rings is 1. The second-order valence-corrected chi connectivity index (χ2v) is 4.37. The minimum Gasteiger partial charge on any atom is -0.481 e. The number of likely N-dealkylation sites (tertiary alicyclic amines) is 1. The molecule has 0 radical (unpaired) electrons. The van der Waals surface area contributed by atoms with Gasteiger partial charge in [0.1, 0.15) is 0 Å². The largest absolute Gasteiger partial charge is 0.481 e. The molecule has 0 aromatic heterocycles. The van der Waals surface area contributed by atoms with Crippen LogP contribution in [0.15, 0.2) is 0 Å². The Bertz CT molecular complexity index is 273. The van der Waals surface area contributed by atoms with Gasteiger partial charge in [-0.1, -0.05) is 13.3 Å². The van der Waals surface area contributed by atoms with E-state index in [1.165, 1.54) is 0 Å². The van der Waals surface area contributed by atoms with Crippen LogP contribution in [-0.2, 0) is 4.79 Å². The van der Waals surface area contributed by atoms with E-state index < -0.39 is 5.97 Å². The summed E-state index contributed by atoms with van der Waals surface area (Å²) < 4.78 is 0. The van der Waals surface area contributed by atoms with Gasteiger partial charge in [0.2, 0.25) is 0 Å². The first-order valence-corrected chi connectivity index (χ1v) is 6.06. The van der Waals surface area contributed by atoms with Crippen LogP contribution in [0.25, 0.3) is 0 Å². The summed E-state index contributed by atoms with van der Waals surface area (Å²) in [5.41, 5.74) is 0. The first-order valence-electron chi connectivity index (χ1n) is 6.06. The summed E-state index contributed by atoms with van der Waals surface area (Å²) in [6.45, 7) is 2.95. The summed E-state index contributed by atoms with van der Waals surface area (Å²) in [6.07, 6.45) is 5.02. The second-order valence-electron chi connectivity index (χ2n) is 4.37. The van der Waals surface area contributed by atoms with Crippen LogP contribution in [0.4, 0.5) is 0 Å². The zero-order valence-corrected chi connectivity index (χ0v) is 9.85. The van der Waals surface area contributed by atoms with Crippen LogP contribution in [0, 0.1) is 11.3 Å². The molecule has 1 rings (SSSR count). The first kappa shape index (κ1) is 13.0. The number of nitriles is 1. The summed E-state index contributed by atoms with van der Waals surface area (Å²) in [7, 11) is 0. The number of hydrogen-bond donors (Lipinski definition) is 1. The zero-order valence-electron chi connectivity index (χ0n) is 9.85. The van der Waals surface area contributed by atoms with Gasteiger partial charge in [-0.15, -0.1) is 0 Å². The fourth-order valence-corrected chi connectivity index (χ4v) is 2.43. The molecule has 1 aliphatic rings. The van der Waals surface area contributed by atoms with E-state index >= 15 is 0 Å². The molecule has 1 fully saturated rings. The lowest BCUT2D eigenvalue weighted by Crippen LogP contribution is -2.45. The average Bonchev–Trinajstić information content (AvgIpc) is 2.29. The number of carbonyl (C=O) groups is 1. The Morgan fingerprint density at radius 1 is 1.62 bits per heavy atom. The molecule has 0 aromatic carbocycles. The molecule has 2 atom stereocenters. The van der Waals surface area contributed by atoms with Gasteiger partial charge < -0.3 is 5.11 Å². The van der Waals surface area contributed by atoms with Crippen molar-refractivity contribution < 1.29 is 9.90 Å². The molecule has 90 valence electrons. The minimum atomic E-state index is -0.740. The van der Waals surface area contributed by atoms with Crippen LogP contribution < -0.4 is 0 Å². The summed E-state index contributed by atoms with van der Waals surface area (Å²) in [5, 5.41) is 17.8. The Kier molecular flexibility index (Phi) is 5.27. The monoisotopic (exact) mass is 224 g/mol. The molecule has 4 nitrogen and oxygen atoms in total. The molecule has 0 saturated carbocycles. The third-order valence-corrected chi connectivity index (χ3v) is 3.30. The van der Waals surface area contributed by atoms with Gasteiger partial charge in [-0.3, -0.25) is 9.69 Å². The Morgan fingerprint density at radius 3 is 2.94 bits per heavy atom. The number of carboxylic acids is 1. The number of rotatable bonds is 5. The highest BCUT2D eigenvalue weighted by molar-refractivity contribution is 5.66. The fraction of sp³-hybridized carbons (Fsp3) is 0.833. The number of nitrogens with zero attached hydrogens (tertiary/aromatic N) is 2. The van der Waals surface area contributed by atoms with Gasteiger partial charge in [0.25, 0.3) is 0 Å². The maximum Gasteiger partial charge on any atom is 0.303 e. The molecular formula is C12H20N2O2. The SMILES string of the molecule is CCC(C#N)N1CCCCC1CCC(=O)O. The van der Waals surface area contributed by atoms with Crippen molar-refractivity contribution in [2.75, 3.05) is 6.54 Å². The smallest absolute Gasteiger partial charge is 0.303 e. The Morgan fingerprint density at radius 2 is 2.38 bits per heavy atom. The van der Waals surface area contributed by atoms with Gasteiger partial charge >= 0.3 is 5.97 Å². The molecule has 0 amide bonds. The molecule has 1 heterocycles. The Labute approximate surface area is 96.9 Å². The predicted octanol–water partition coefficient (Wildman–Crippen LogP) is 2.01. The van der Waals surface area contributed by atoms with E-state index in [1.54, 1.807) is 0 Å². The molecule has 4 heteroatoms. The van der Waals surface area contributed by atoms with E-state index in [1.807, 2.05) is 6.92 Å². The molecule has 1 aliphatic heterocycles. The molecule has 1 N–H and O–H groups in total. The van der Waals surface area contributed by atoms with E-state index in [-0.39, 0.29) is 18.5 Å². The van der Waals surface area contributed by atoms with Crippen molar-refractivity contribution in [3.8, 4) is 6.07 Å². The third kappa shape index (κ3) is 3.49. The fourth-order valence-electron chi connectivity index (χ4n) is 2.43. The highest BCUT2D eigenvalue weighted by Gasteiger charge is 2.27. The van der Waals surface area contributed by atoms with Gasteiger partial charge in [0, 0.05) is 12.5 Å². The van der Waals surface area contributed by atoms with E-state index in [9.17, 15) is 4.79 Å². The van der Waals surface area contributed by atoms with Crippen molar-refractivity contribution in [2.24, 2.45) is 0 Å². The number of aliphatic carboxylic acids is 1. The number of hydrogen-bond acceptors (Lipinski definition) is 3. The lowest BCUT2D eigenvalue weighted by molar-refractivity contribution is -0.137. The van der Waals surface area contributed by atoms with Gasteiger partial charge in [0.15, 0.2) is 0 Å². The quantitative estimate of drug-likeness (QED) is 0.775. The van der Waals surface area contributed by atoms with Crippen LogP contribution in [-0.4, -0.2) is 34.6 Å². The number of carboxylic acid groups (broad SMARTS) is 1. The molecule has 0 bridgehead atoms. The topological polar surface area (TPSA) is 64.3 Å². The van der Waals surface area contributed by atoms with E-state index in [2.05, 4.69) is 11.0 Å². The summed E-state index contributed by atoms with van der Waals surface area (Å²) >= 11 is 0. The molecule has 0 aliphatic carbocycles. The first-order chi connectivity index (χ1) is 7.69. The Balaban J connectivity index is 2.56. The summed E-state index contributed by atoms with van der Waals surface area (Å²) in [6, 6.07) is 2.56. The van der Waals surface area contributed by atoms with Gasteiger partial charge in [-0.05, 0) is 32.2 Å². The highest BCUT2D eigenvalue weighted by atomic mass is 16.4. The molecule has 0 spiro atoms. The van der Waals surface area contributed by atoms with E-state index in [0.717, 1.165) is 32.2 Å². The van der Waals surface area contributed by atoms with Crippen LogP contribution in [0.5, 0.6) is 0 Å². The van der Waals surface area contributed by atoms with Crippen molar-refractivity contribution in [1.82, 2.24) is 4.90 Å². The molecular weight excluding hydrogens is 204 g/mol. The lowest BCUT2D eigenvalue weighted by Gasteiger charge is -2.38. The van der Waals surface area contributed by atoms with Crippen LogP contribution >= 0.6 is 0 Å². The van der Waals surface area contributed by atoms with Crippen LogP contribution in [0.2, 0.25) is 0 Å². The minimum absolute atomic E-state index is 0.0425. The maximum atomic E-state index is 10.6. The normalized spacial score (nSPS) is 23.6. The van der Waals surface area contributed by atoms with E-state index in [0.29, 0.717) is 6.42 Å². The predicted molar refractivity (Wildman–Crippen MR) is 60.9 cm³/mol. The molecule has 0 aromatic rings. The zero-order chi connectivity index (χ0) is 12.0. The molecule has 1 saturated heterocycles. The standard InChI is InChI=1S/C12H20N2O2/c1-2-10(9-13)14-8-4-3-5-11(14)6-7-12(15)16/h10-11H,2-8H2,1H3,(H,15,16). The van der Waals surface area contributed by atoms with Crippen LogP contribution in [0.1, 0.15) is 45.4 Å². The maximum absolute atomic E-state index is 10.6. The summed E-state index contributed by atoms with van der Waals surface area (Å²) in [4.78, 5) is 12.8.